The molecule has 0 aliphatic carbocycles. The number of hydrogen-bond acceptors (Lipinski definition) is 8. The van der Waals surface area contributed by atoms with E-state index in [0.717, 1.165) is 17.2 Å². The van der Waals surface area contributed by atoms with Crippen LogP contribution in [-0.4, -0.2) is 55.9 Å². The Labute approximate surface area is 276 Å². The highest BCUT2D eigenvalue weighted by molar-refractivity contribution is 7.92. The molecule has 0 saturated heterocycles. The zero-order chi connectivity index (χ0) is 33.8. The maximum atomic E-state index is 13.5. The number of ether oxygens (including phenoxy) is 1. The van der Waals surface area contributed by atoms with E-state index in [1.807, 2.05) is 61.5 Å². The van der Waals surface area contributed by atoms with Gasteiger partial charge in [-0.2, -0.15) is 0 Å². The van der Waals surface area contributed by atoms with E-state index in [1.165, 1.54) is 27.3 Å². The number of amides is 1. The molecule has 0 atom stereocenters. The summed E-state index contributed by atoms with van der Waals surface area (Å²) < 4.78 is 40.4. The van der Waals surface area contributed by atoms with Crippen molar-refractivity contribution in [2.24, 2.45) is 0 Å². The molecule has 0 aliphatic rings. The summed E-state index contributed by atoms with van der Waals surface area (Å²) in [4.78, 5) is 32.1. The zero-order valence-electron chi connectivity index (χ0n) is 27.0. The van der Waals surface area contributed by atoms with Crippen LogP contribution >= 0.6 is 11.3 Å². The van der Waals surface area contributed by atoms with Gasteiger partial charge in [0.25, 0.3) is 5.91 Å². The molecule has 3 aromatic carbocycles. The van der Waals surface area contributed by atoms with E-state index < -0.39 is 21.7 Å². The molecule has 1 N–H and O–H groups in total. The van der Waals surface area contributed by atoms with Gasteiger partial charge in [-0.15, -0.1) is 11.3 Å². The number of rotatable bonds is 6. The number of nitrogens with zero attached hydrogens (tertiary/aromatic N) is 3. The third kappa shape index (κ3) is 6.01. The number of fused-ring (bicyclic) bond motifs is 2. The topological polar surface area (TPSA) is 124 Å². The number of thiazole rings is 1. The molecule has 47 heavy (non-hydrogen) atoms. The van der Waals surface area contributed by atoms with E-state index in [1.54, 1.807) is 46.1 Å². The Kier molecular flexibility index (Phi) is 7.97. The van der Waals surface area contributed by atoms with Gasteiger partial charge in [0, 0.05) is 48.3 Å². The number of nitrogens with one attached hydrogen (secondary N) is 1. The second-order valence-electron chi connectivity index (χ2n) is 12.3. The molecule has 0 saturated carbocycles. The Morgan fingerprint density at radius 2 is 1.74 bits per heavy atom. The molecule has 6 rings (SSSR count). The number of furan rings is 1. The molecular formula is C35H34N4O6S2. The fourth-order valence-electron chi connectivity index (χ4n) is 5.36. The van der Waals surface area contributed by atoms with E-state index in [9.17, 15) is 18.0 Å². The summed E-state index contributed by atoms with van der Waals surface area (Å²) in [5, 5.41) is 4.58. The van der Waals surface area contributed by atoms with Crippen LogP contribution in [0.3, 0.4) is 0 Å². The lowest BCUT2D eigenvalue weighted by molar-refractivity contribution is 0.0547. The molecule has 12 heteroatoms. The van der Waals surface area contributed by atoms with Crippen LogP contribution in [0.25, 0.3) is 54.3 Å². The summed E-state index contributed by atoms with van der Waals surface area (Å²) in [6, 6.07) is 20.4. The Bertz CT molecular complexity index is 2290. The fraction of sp³-hybridized carbons (Fsp3) is 0.229. The highest BCUT2D eigenvalue weighted by Gasteiger charge is 2.28. The molecule has 3 heterocycles. The maximum Gasteiger partial charge on any atom is 0.419 e. The first-order valence-corrected chi connectivity index (χ1v) is 17.5. The van der Waals surface area contributed by atoms with Crippen LogP contribution in [-0.2, 0) is 14.8 Å². The average molecular weight is 671 g/mol. The summed E-state index contributed by atoms with van der Waals surface area (Å²) in [7, 11) is -0.691. The maximum absolute atomic E-state index is 13.5. The van der Waals surface area contributed by atoms with Crippen molar-refractivity contribution in [3.63, 3.8) is 0 Å². The quantitative estimate of drug-likeness (QED) is 0.193. The first kappa shape index (κ1) is 32.0. The van der Waals surface area contributed by atoms with Gasteiger partial charge in [-0.3, -0.25) is 9.10 Å². The second-order valence-corrected chi connectivity index (χ2v) is 15.3. The molecule has 242 valence electrons. The first-order chi connectivity index (χ1) is 22.2. The van der Waals surface area contributed by atoms with Gasteiger partial charge in [0.1, 0.15) is 22.0 Å². The van der Waals surface area contributed by atoms with Gasteiger partial charge >= 0.3 is 6.09 Å². The number of aromatic nitrogens is 2. The molecule has 0 unspecified atom stereocenters. The number of sulfonamides is 1. The lowest BCUT2D eigenvalue weighted by atomic mass is 10.0. The predicted octanol–water partition coefficient (Wildman–Crippen LogP) is 7.69. The summed E-state index contributed by atoms with van der Waals surface area (Å²) >= 11 is 1.29. The Balaban J connectivity index is 1.58. The van der Waals surface area contributed by atoms with Crippen LogP contribution in [0.15, 0.2) is 77.3 Å². The molecule has 1 amide bonds. The van der Waals surface area contributed by atoms with Gasteiger partial charge in [-0.05, 0) is 45.9 Å². The molecule has 0 aliphatic heterocycles. The molecular weight excluding hydrogens is 637 g/mol. The van der Waals surface area contributed by atoms with Crippen molar-refractivity contribution in [1.82, 2.24) is 14.9 Å². The molecule has 6 aromatic rings. The number of carbonyl (C=O) groups excluding carboxylic acids is 2. The van der Waals surface area contributed by atoms with Crippen LogP contribution in [0.4, 0.5) is 10.5 Å². The van der Waals surface area contributed by atoms with Crippen molar-refractivity contribution in [2.75, 3.05) is 24.7 Å². The first-order valence-electron chi connectivity index (χ1n) is 14.8. The smallest absolute Gasteiger partial charge is 0.419 e. The SMILES string of the molecule is CNC(=O)c1c(-c2ccc(C)cc2)oc2cc(N(C)S(C)(=O)=O)c(-c3cnc(-c4cc5ccccc5n4C(=O)OC(C)(C)C)s3)cc12. The van der Waals surface area contributed by atoms with Crippen LogP contribution in [0.1, 0.15) is 36.7 Å². The minimum absolute atomic E-state index is 0.330. The van der Waals surface area contributed by atoms with Gasteiger partial charge in [-0.25, -0.2) is 22.8 Å². The standard InChI is InChI=1S/C35H34N4O6S2/c1-20-12-14-21(15-13-20)31-30(32(40)36-5)24-17-23(26(18-28(24)44-31)38(6)47(7,42)43)29-19-37-33(46-29)27-16-22-10-8-9-11-25(22)39(27)34(41)45-35(2,3)4/h8-19H,1-7H3,(H,36,40). The van der Waals surface area contributed by atoms with E-state index in [4.69, 9.17) is 14.1 Å². The van der Waals surface area contributed by atoms with Crippen LogP contribution < -0.4 is 9.62 Å². The number of anilines is 1. The molecule has 10 nitrogen and oxygen atoms in total. The predicted molar refractivity (Wildman–Crippen MR) is 187 cm³/mol. The van der Waals surface area contributed by atoms with E-state index in [0.29, 0.717) is 60.2 Å². The summed E-state index contributed by atoms with van der Waals surface area (Å²) in [5.41, 5.74) is 3.79. The van der Waals surface area contributed by atoms with Gasteiger partial charge in [0.05, 0.1) is 33.6 Å². The van der Waals surface area contributed by atoms with Crippen molar-refractivity contribution < 1.29 is 27.2 Å². The lowest BCUT2D eigenvalue weighted by Crippen LogP contribution is -2.27. The van der Waals surface area contributed by atoms with Crippen molar-refractivity contribution in [3.8, 4) is 32.5 Å². The molecule has 3 aromatic heterocycles. The number of benzene rings is 3. The average Bonchev–Trinajstić information content (AvgIpc) is 3.74. The second kappa shape index (κ2) is 11.7. The Morgan fingerprint density at radius 3 is 2.40 bits per heavy atom. The number of aryl methyl sites for hydroxylation is 1. The normalized spacial score (nSPS) is 12.1. The number of carbonyl (C=O) groups is 2. The number of para-hydroxylation sites is 1. The van der Waals surface area contributed by atoms with Gasteiger partial charge in [0.2, 0.25) is 10.0 Å². The van der Waals surface area contributed by atoms with Crippen molar-refractivity contribution in [1.29, 1.82) is 0 Å². The summed E-state index contributed by atoms with van der Waals surface area (Å²) in [5.74, 6) is 0.0256. The zero-order valence-corrected chi connectivity index (χ0v) is 28.7. The molecule has 0 fully saturated rings. The van der Waals surface area contributed by atoms with E-state index in [2.05, 4.69) is 5.32 Å². The van der Waals surface area contributed by atoms with Crippen molar-refractivity contribution in [3.05, 3.63) is 84.1 Å². The van der Waals surface area contributed by atoms with Crippen molar-refractivity contribution >= 4 is 60.9 Å². The molecule has 0 bridgehead atoms. The highest BCUT2D eigenvalue weighted by atomic mass is 32.2. The third-order valence-electron chi connectivity index (χ3n) is 7.69. The minimum Gasteiger partial charge on any atom is -0.455 e. The Hall–Kier alpha value is -4.94. The summed E-state index contributed by atoms with van der Waals surface area (Å²) in [6.07, 6.45) is 2.22. The van der Waals surface area contributed by atoms with Crippen LogP contribution in [0, 0.1) is 6.92 Å². The molecule has 0 radical (unpaired) electrons. The highest BCUT2D eigenvalue weighted by Crippen LogP contribution is 2.44. The van der Waals surface area contributed by atoms with Gasteiger partial charge in [-0.1, -0.05) is 48.0 Å². The molecule has 0 spiro atoms. The van der Waals surface area contributed by atoms with E-state index >= 15 is 0 Å². The minimum atomic E-state index is -3.70. The van der Waals surface area contributed by atoms with Crippen LogP contribution in [0.5, 0.6) is 0 Å². The van der Waals surface area contributed by atoms with Crippen molar-refractivity contribution in [2.45, 2.75) is 33.3 Å². The monoisotopic (exact) mass is 670 g/mol. The van der Waals surface area contributed by atoms with E-state index in [-0.39, 0.29) is 5.91 Å². The Morgan fingerprint density at radius 1 is 1.04 bits per heavy atom. The van der Waals surface area contributed by atoms with Gasteiger partial charge in [0.15, 0.2) is 0 Å². The largest absolute Gasteiger partial charge is 0.455 e. The van der Waals surface area contributed by atoms with Gasteiger partial charge < -0.3 is 14.5 Å². The fourth-order valence-corrected chi connectivity index (χ4v) is 6.82. The summed E-state index contributed by atoms with van der Waals surface area (Å²) in [6.45, 7) is 7.39. The third-order valence-corrected chi connectivity index (χ3v) is 9.93. The number of hydrogen-bond donors (Lipinski definition) is 1. The van der Waals surface area contributed by atoms with Crippen LogP contribution in [0.2, 0.25) is 0 Å². The lowest BCUT2D eigenvalue weighted by Gasteiger charge is -2.20.